The third-order valence-electron chi connectivity index (χ3n) is 5.91. The summed E-state index contributed by atoms with van der Waals surface area (Å²) in [6, 6.07) is 14.4. The van der Waals surface area contributed by atoms with Crippen LogP contribution in [0.1, 0.15) is 50.7 Å². The first-order valence-corrected chi connectivity index (χ1v) is 11.7. The summed E-state index contributed by atoms with van der Waals surface area (Å²) in [4.78, 5) is 36.8. The molecule has 8 heteroatoms. The molecule has 1 aliphatic rings. The Morgan fingerprint density at radius 1 is 0.971 bits per heavy atom. The highest BCUT2D eigenvalue weighted by molar-refractivity contribution is 5.86. The summed E-state index contributed by atoms with van der Waals surface area (Å²) in [7, 11) is 1.42. The summed E-state index contributed by atoms with van der Waals surface area (Å²) in [5.41, 5.74) is 4.23. The number of hydrogen-bond donors (Lipinski definition) is 3. The second-order valence-electron chi connectivity index (χ2n) is 10.0. The van der Waals surface area contributed by atoms with Crippen molar-refractivity contribution in [3.8, 4) is 11.1 Å². The zero-order valence-corrected chi connectivity index (χ0v) is 20.7. The minimum absolute atomic E-state index is 0.0780. The van der Waals surface area contributed by atoms with E-state index in [4.69, 9.17) is 9.47 Å². The molecule has 0 saturated carbocycles. The van der Waals surface area contributed by atoms with Crippen LogP contribution >= 0.6 is 0 Å². The maximum atomic E-state index is 12.9. The maximum Gasteiger partial charge on any atom is 0.407 e. The zero-order chi connectivity index (χ0) is 25.6. The summed E-state index contributed by atoms with van der Waals surface area (Å²) in [5, 5.41) is 14.5. The molecular weight excluding hydrogens is 448 g/mol. The first-order chi connectivity index (χ1) is 16.6. The maximum absolute atomic E-state index is 12.9. The van der Waals surface area contributed by atoms with Gasteiger partial charge in [0.25, 0.3) is 0 Å². The largest absolute Gasteiger partial charge is 0.481 e. The highest BCUT2D eigenvalue weighted by Crippen LogP contribution is 2.44. The fourth-order valence-electron chi connectivity index (χ4n) is 4.56. The van der Waals surface area contributed by atoms with E-state index in [1.54, 1.807) is 0 Å². The van der Waals surface area contributed by atoms with E-state index < -0.39 is 30.1 Å². The number of rotatable bonds is 10. The van der Waals surface area contributed by atoms with Gasteiger partial charge in [-0.1, -0.05) is 69.3 Å². The van der Waals surface area contributed by atoms with Crippen molar-refractivity contribution in [1.29, 1.82) is 0 Å². The van der Waals surface area contributed by atoms with Crippen LogP contribution in [0.2, 0.25) is 0 Å². The topological polar surface area (TPSA) is 114 Å². The lowest BCUT2D eigenvalue weighted by atomic mass is 9.87. The van der Waals surface area contributed by atoms with Crippen molar-refractivity contribution in [1.82, 2.24) is 10.6 Å². The van der Waals surface area contributed by atoms with E-state index in [0.717, 1.165) is 22.3 Å². The molecule has 3 N–H and O–H groups in total. The van der Waals surface area contributed by atoms with Gasteiger partial charge in [-0.2, -0.15) is 0 Å². The van der Waals surface area contributed by atoms with Crippen molar-refractivity contribution in [2.24, 2.45) is 5.41 Å². The number of carbonyl (C=O) groups excluding carboxylic acids is 2. The number of methoxy groups -OCH3 is 1. The Morgan fingerprint density at radius 2 is 1.54 bits per heavy atom. The van der Waals surface area contributed by atoms with Crippen LogP contribution in [-0.2, 0) is 19.1 Å². The van der Waals surface area contributed by atoms with E-state index in [1.165, 1.54) is 7.11 Å². The highest BCUT2D eigenvalue weighted by Gasteiger charge is 2.31. The van der Waals surface area contributed by atoms with E-state index >= 15 is 0 Å². The Kier molecular flexibility index (Phi) is 8.51. The van der Waals surface area contributed by atoms with Gasteiger partial charge in [0.15, 0.2) is 0 Å². The minimum Gasteiger partial charge on any atom is -0.481 e. The molecule has 2 aromatic carbocycles. The molecule has 0 heterocycles. The predicted molar refractivity (Wildman–Crippen MR) is 132 cm³/mol. The molecule has 0 aliphatic heterocycles. The predicted octanol–water partition coefficient (Wildman–Crippen LogP) is 3.94. The third-order valence-corrected chi connectivity index (χ3v) is 5.91. The van der Waals surface area contributed by atoms with E-state index in [0.29, 0.717) is 6.42 Å². The van der Waals surface area contributed by atoms with Gasteiger partial charge in [0.1, 0.15) is 12.6 Å². The van der Waals surface area contributed by atoms with Crippen LogP contribution in [0, 0.1) is 5.41 Å². The standard InChI is InChI=1S/C27H34N2O6/c1-27(2,3)14-17(13-24(30)31)28-25(32)23(16-34-4)29-26(33)35-15-22-20-11-7-5-9-18(20)19-10-6-8-12-21(19)22/h5-12,17,22-23H,13-16H2,1-4H3,(H,28,32)(H,29,33)(H,30,31). The number of hydrogen-bond acceptors (Lipinski definition) is 5. The molecule has 188 valence electrons. The number of carbonyl (C=O) groups is 3. The monoisotopic (exact) mass is 482 g/mol. The molecule has 0 bridgehead atoms. The lowest BCUT2D eigenvalue weighted by Crippen LogP contribution is -2.52. The molecular formula is C27H34N2O6. The van der Waals surface area contributed by atoms with Gasteiger partial charge >= 0.3 is 12.1 Å². The second-order valence-corrected chi connectivity index (χ2v) is 10.0. The summed E-state index contributed by atoms with van der Waals surface area (Å²) in [5.74, 6) is -1.63. The average Bonchev–Trinajstić information content (AvgIpc) is 3.09. The highest BCUT2D eigenvalue weighted by atomic mass is 16.5. The molecule has 2 atom stereocenters. The van der Waals surface area contributed by atoms with Crippen molar-refractivity contribution < 1.29 is 29.0 Å². The Labute approximate surface area is 206 Å². The second kappa shape index (κ2) is 11.4. The molecule has 3 rings (SSSR count). The number of carboxylic acid groups (broad SMARTS) is 1. The Bertz CT molecular complexity index is 1020. The number of amides is 2. The Balaban J connectivity index is 1.64. The van der Waals surface area contributed by atoms with E-state index in [2.05, 4.69) is 22.8 Å². The minimum atomic E-state index is -1.02. The average molecular weight is 483 g/mol. The number of fused-ring (bicyclic) bond motifs is 3. The molecule has 0 saturated heterocycles. The third kappa shape index (κ3) is 7.05. The Morgan fingerprint density at radius 3 is 2.06 bits per heavy atom. The fourth-order valence-corrected chi connectivity index (χ4v) is 4.56. The molecule has 2 unspecified atom stereocenters. The molecule has 0 radical (unpaired) electrons. The van der Waals surface area contributed by atoms with Gasteiger partial charge in [0.05, 0.1) is 13.0 Å². The van der Waals surface area contributed by atoms with Crippen molar-refractivity contribution >= 4 is 18.0 Å². The lowest BCUT2D eigenvalue weighted by Gasteiger charge is -2.27. The molecule has 2 aromatic rings. The van der Waals surface area contributed by atoms with E-state index in [9.17, 15) is 19.5 Å². The summed E-state index contributed by atoms with van der Waals surface area (Å²) in [6.07, 6.45) is -0.488. The van der Waals surface area contributed by atoms with Crippen molar-refractivity contribution in [2.45, 2.75) is 51.6 Å². The molecule has 0 aromatic heterocycles. The van der Waals surface area contributed by atoms with Gasteiger partial charge in [-0.3, -0.25) is 9.59 Å². The number of alkyl carbamates (subject to hydrolysis) is 1. The van der Waals surface area contributed by atoms with Gasteiger partial charge in [-0.05, 0) is 34.1 Å². The number of nitrogens with one attached hydrogen (secondary N) is 2. The molecule has 35 heavy (non-hydrogen) atoms. The smallest absolute Gasteiger partial charge is 0.407 e. The number of ether oxygens (including phenoxy) is 2. The normalized spacial score (nSPS) is 14.4. The van der Waals surface area contributed by atoms with Crippen LogP contribution in [-0.4, -0.2) is 55.5 Å². The van der Waals surface area contributed by atoms with Crippen molar-refractivity contribution in [3.63, 3.8) is 0 Å². The number of benzene rings is 2. The lowest BCUT2D eigenvalue weighted by molar-refractivity contribution is -0.138. The molecule has 1 aliphatic carbocycles. The molecule has 2 amide bonds. The number of aliphatic carboxylic acids is 1. The molecule has 0 fully saturated rings. The van der Waals surface area contributed by atoms with Gasteiger partial charge in [-0.15, -0.1) is 0 Å². The van der Waals surface area contributed by atoms with Crippen LogP contribution in [0.3, 0.4) is 0 Å². The Hall–Kier alpha value is -3.39. The fraction of sp³-hybridized carbons (Fsp3) is 0.444. The SMILES string of the molecule is COCC(NC(=O)OCC1c2ccccc2-c2ccccc21)C(=O)NC(CC(=O)O)CC(C)(C)C. The zero-order valence-electron chi connectivity index (χ0n) is 20.7. The van der Waals surface area contributed by atoms with Crippen molar-refractivity contribution in [3.05, 3.63) is 59.7 Å². The van der Waals surface area contributed by atoms with Crippen LogP contribution in [0.25, 0.3) is 11.1 Å². The van der Waals surface area contributed by atoms with E-state index in [-0.39, 0.29) is 31.0 Å². The van der Waals surface area contributed by atoms with Crippen LogP contribution in [0.15, 0.2) is 48.5 Å². The van der Waals surface area contributed by atoms with Gasteiger partial charge in [0.2, 0.25) is 5.91 Å². The first-order valence-electron chi connectivity index (χ1n) is 11.7. The summed E-state index contributed by atoms with van der Waals surface area (Å²) < 4.78 is 10.7. The van der Waals surface area contributed by atoms with E-state index in [1.807, 2.05) is 57.2 Å². The van der Waals surface area contributed by atoms with Gasteiger partial charge in [0, 0.05) is 19.1 Å². The van der Waals surface area contributed by atoms with Crippen LogP contribution < -0.4 is 10.6 Å². The van der Waals surface area contributed by atoms with Crippen LogP contribution in [0.4, 0.5) is 4.79 Å². The summed E-state index contributed by atoms with van der Waals surface area (Å²) in [6.45, 7) is 5.94. The van der Waals surface area contributed by atoms with Crippen LogP contribution in [0.5, 0.6) is 0 Å². The van der Waals surface area contributed by atoms with Gasteiger partial charge in [-0.25, -0.2) is 4.79 Å². The molecule has 8 nitrogen and oxygen atoms in total. The molecule has 0 spiro atoms. The first kappa shape index (κ1) is 26.2. The summed E-state index contributed by atoms with van der Waals surface area (Å²) >= 11 is 0. The quantitative estimate of drug-likeness (QED) is 0.473. The van der Waals surface area contributed by atoms with Crippen molar-refractivity contribution in [2.75, 3.05) is 20.3 Å². The van der Waals surface area contributed by atoms with Gasteiger partial charge < -0.3 is 25.2 Å². The number of carboxylic acids is 1.